The second kappa shape index (κ2) is 8.37. The van der Waals surface area contributed by atoms with Gasteiger partial charge in [0.2, 0.25) is 5.91 Å². The van der Waals surface area contributed by atoms with E-state index in [0.29, 0.717) is 23.0 Å². The van der Waals surface area contributed by atoms with Crippen LogP contribution in [0.3, 0.4) is 0 Å². The molecule has 1 aliphatic carbocycles. The molecule has 0 saturated carbocycles. The molecule has 0 N–H and O–H groups in total. The second-order valence-corrected chi connectivity index (χ2v) is 9.49. The summed E-state index contributed by atoms with van der Waals surface area (Å²) in [7, 11) is 3.03. The fourth-order valence-electron chi connectivity index (χ4n) is 3.52. The predicted molar refractivity (Wildman–Crippen MR) is 119 cm³/mol. The van der Waals surface area contributed by atoms with Crippen molar-refractivity contribution in [3.63, 3.8) is 0 Å². The lowest BCUT2D eigenvalue weighted by atomic mass is 9.96. The van der Waals surface area contributed by atoms with Gasteiger partial charge >= 0.3 is 5.69 Å². The number of nitrogens with zero attached hydrogens (tertiary/aromatic N) is 5. The Bertz CT molecular complexity index is 1140. The van der Waals surface area contributed by atoms with E-state index in [1.165, 1.54) is 23.4 Å². The number of thioether (sulfide) groups is 1. The summed E-state index contributed by atoms with van der Waals surface area (Å²) in [5.41, 5.74) is 0.0975. The lowest BCUT2D eigenvalue weighted by molar-refractivity contribution is -0.126. The molecule has 0 atom stereocenters. The Kier molecular flexibility index (Phi) is 6.21. The van der Waals surface area contributed by atoms with E-state index < -0.39 is 11.2 Å². The molecule has 2 aromatic heterocycles. The molecule has 0 bridgehead atoms. The lowest BCUT2D eigenvalue weighted by Crippen LogP contribution is -2.38. The van der Waals surface area contributed by atoms with Gasteiger partial charge < -0.3 is 4.90 Å². The van der Waals surface area contributed by atoms with Crippen LogP contribution in [0.1, 0.15) is 52.8 Å². The number of rotatable bonds is 5. The molecule has 8 nitrogen and oxygen atoms in total. The third-order valence-corrected chi connectivity index (χ3v) is 6.21. The van der Waals surface area contributed by atoms with E-state index in [0.717, 1.165) is 29.5 Å². The largest absolute Gasteiger partial charge is 0.332 e. The zero-order valence-corrected chi connectivity index (χ0v) is 19.3. The van der Waals surface area contributed by atoms with Gasteiger partial charge in [-0.2, -0.15) is 0 Å². The zero-order valence-electron chi connectivity index (χ0n) is 18.5. The van der Waals surface area contributed by atoms with Gasteiger partial charge in [-0.05, 0) is 26.2 Å². The normalized spacial score (nSPS) is 14.3. The SMILES string of the molecule is CCN(C(=O)CSc1nc(C(C)(C)C)nc2c1c(=O)n(C)c(=O)n2C)C1=CCCC1. The predicted octanol–water partition coefficient (Wildman–Crippen LogP) is 2.33. The van der Waals surface area contributed by atoms with Crippen molar-refractivity contribution in [3.8, 4) is 0 Å². The van der Waals surface area contributed by atoms with Gasteiger partial charge in [0.1, 0.15) is 16.2 Å². The van der Waals surface area contributed by atoms with Crippen LogP contribution in [0.15, 0.2) is 26.4 Å². The van der Waals surface area contributed by atoms with Crippen LogP contribution in [0.2, 0.25) is 0 Å². The highest BCUT2D eigenvalue weighted by Crippen LogP contribution is 2.28. The van der Waals surface area contributed by atoms with Crippen LogP contribution in [0, 0.1) is 0 Å². The smallest absolute Gasteiger partial charge is 0.316 e. The van der Waals surface area contributed by atoms with Crippen LogP contribution in [0.4, 0.5) is 0 Å². The van der Waals surface area contributed by atoms with Crippen LogP contribution in [-0.2, 0) is 24.3 Å². The molecule has 1 amide bonds. The highest BCUT2D eigenvalue weighted by molar-refractivity contribution is 8.00. The first-order chi connectivity index (χ1) is 14.1. The molecule has 9 heteroatoms. The Balaban J connectivity index is 2.07. The number of hydrogen-bond acceptors (Lipinski definition) is 6. The third kappa shape index (κ3) is 4.08. The number of carbonyl (C=O) groups excluding carboxylic acids is 1. The summed E-state index contributed by atoms with van der Waals surface area (Å²) in [4.78, 5) is 49.2. The summed E-state index contributed by atoms with van der Waals surface area (Å²) < 4.78 is 2.41. The molecule has 0 radical (unpaired) electrons. The molecule has 0 aliphatic heterocycles. The van der Waals surface area contributed by atoms with Crippen molar-refractivity contribution in [2.24, 2.45) is 14.1 Å². The van der Waals surface area contributed by atoms with Crippen molar-refractivity contribution in [1.82, 2.24) is 24.0 Å². The minimum Gasteiger partial charge on any atom is -0.316 e. The Morgan fingerprint density at radius 3 is 2.47 bits per heavy atom. The van der Waals surface area contributed by atoms with Gasteiger partial charge in [0, 0.05) is 31.8 Å². The molecule has 1 aliphatic rings. The van der Waals surface area contributed by atoms with Crippen LogP contribution in [0.5, 0.6) is 0 Å². The summed E-state index contributed by atoms with van der Waals surface area (Å²) in [5, 5.41) is 0.708. The van der Waals surface area contributed by atoms with Crippen molar-refractivity contribution in [1.29, 1.82) is 0 Å². The zero-order chi connectivity index (χ0) is 22.2. The Hall–Kier alpha value is -2.42. The molecule has 2 aromatic rings. The van der Waals surface area contributed by atoms with Gasteiger partial charge in [0.05, 0.1) is 5.75 Å². The fourth-order valence-corrected chi connectivity index (χ4v) is 4.41. The van der Waals surface area contributed by atoms with Gasteiger partial charge in [-0.3, -0.25) is 18.7 Å². The maximum atomic E-state index is 12.9. The minimum absolute atomic E-state index is 0.0126. The summed E-state index contributed by atoms with van der Waals surface area (Å²) in [5.74, 6) is 0.674. The third-order valence-electron chi connectivity index (χ3n) is 5.25. The van der Waals surface area contributed by atoms with Crippen molar-refractivity contribution in [3.05, 3.63) is 38.4 Å². The van der Waals surface area contributed by atoms with Gasteiger partial charge in [0.15, 0.2) is 5.65 Å². The molecular formula is C21H29N5O3S. The average molecular weight is 432 g/mol. The molecule has 0 unspecified atom stereocenters. The molecule has 0 aromatic carbocycles. The topological polar surface area (TPSA) is 90.1 Å². The molecular weight excluding hydrogens is 402 g/mol. The number of amides is 1. The number of allylic oxidation sites excluding steroid dienone is 2. The number of hydrogen-bond donors (Lipinski definition) is 0. The molecule has 3 rings (SSSR count). The van der Waals surface area contributed by atoms with Gasteiger partial charge in [-0.15, -0.1) is 0 Å². The molecule has 30 heavy (non-hydrogen) atoms. The monoisotopic (exact) mass is 431 g/mol. The van der Waals surface area contributed by atoms with Gasteiger partial charge in [-0.25, -0.2) is 14.8 Å². The molecule has 0 fully saturated rings. The van der Waals surface area contributed by atoms with E-state index in [4.69, 9.17) is 0 Å². The summed E-state index contributed by atoms with van der Waals surface area (Å²) in [6, 6.07) is 0. The van der Waals surface area contributed by atoms with E-state index in [1.807, 2.05) is 32.6 Å². The van der Waals surface area contributed by atoms with E-state index >= 15 is 0 Å². The molecule has 0 spiro atoms. The van der Waals surface area contributed by atoms with Crippen LogP contribution >= 0.6 is 11.8 Å². The standard InChI is InChI=1S/C21H29N5O3S/c1-7-26(13-10-8-9-11-13)14(27)12-30-17-15-16(22-19(23-17)21(2,3)4)24(5)20(29)25(6)18(15)28/h10H,7-9,11-12H2,1-6H3. The summed E-state index contributed by atoms with van der Waals surface area (Å²) in [6.07, 6.45) is 5.11. The van der Waals surface area contributed by atoms with Crippen molar-refractivity contribution < 1.29 is 4.79 Å². The van der Waals surface area contributed by atoms with Crippen LogP contribution in [0.25, 0.3) is 11.0 Å². The van der Waals surface area contributed by atoms with Gasteiger partial charge in [-0.1, -0.05) is 38.6 Å². The minimum atomic E-state index is -0.450. The first-order valence-electron chi connectivity index (χ1n) is 10.2. The number of carbonyl (C=O) groups is 1. The number of fused-ring (bicyclic) bond motifs is 1. The van der Waals surface area contributed by atoms with E-state index in [-0.39, 0.29) is 22.5 Å². The maximum absolute atomic E-state index is 12.9. The Labute approximate surface area is 180 Å². The van der Waals surface area contributed by atoms with E-state index in [2.05, 4.69) is 16.0 Å². The lowest BCUT2D eigenvalue weighted by Gasteiger charge is -2.22. The van der Waals surface area contributed by atoms with Crippen molar-refractivity contribution >= 4 is 28.7 Å². The first-order valence-corrected chi connectivity index (χ1v) is 11.1. The van der Waals surface area contributed by atoms with E-state index in [9.17, 15) is 14.4 Å². The molecule has 162 valence electrons. The maximum Gasteiger partial charge on any atom is 0.332 e. The number of aryl methyl sites for hydroxylation is 1. The molecule has 0 saturated heterocycles. The summed E-state index contributed by atoms with van der Waals surface area (Å²) >= 11 is 1.23. The summed E-state index contributed by atoms with van der Waals surface area (Å²) in [6.45, 7) is 8.49. The Morgan fingerprint density at radius 1 is 1.20 bits per heavy atom. The quantitative estimate of drug-likeness (QED) is 0.533. The van der Waals surface area contributed by atoms with Crippen molar-refractivity contribution in [2.75, 3.05) is 12.3 Å². The Morgan fingerprint density at radius 2 is 1.90 bits per heavy atom. The average Bonchev–Trinajstić information content (AvgIpc) is 3.22. The number of aromatic nitrogens is 4. The van der Waals surface area contributed by atoms with E-state index in [1.54, 1.807) is 7.05 Å². The highest BCUT2D eigenvalue weighted by Gasteiger charge is 2.25. The highest BCUT2D eigenvalue weighted by atomic mass is 32.2. The first kappa shape index (κ1) is 22.3. The second-order valence-electron chi connectivity index (χ2n) is 8.52. The van der Waals surface area contributed by atoms with Crippen LogP contribution in [-0.4, -0.2) is 42.2 Å². The van der Waals surface area contributed by atoms with Crippen LogP contribution < -0.4 is 11.2 Å². The molecule has 2 heterocycles. The van der Waals surface area contributed by atoms with Crippen molar-refractivity contribution in [2.45, 2.75) is 57.4 Å². The fraction of sp³-hybridized carbons (Fsp3) is 0.571. The van der Waals surface area contributed by atoms with Gasteiger partial charge in [0.25, 0.3) is 5.56 Å².